The molecule has 0 aliphatic heterocycles. The molecular formula is C22H27N3O3. The summed E-state index contributed by atoms with van der Waals surface area (Å²) in [4.78, 5) is 28.9. The van der Waals surface area contributed by atoms with E-state index in [1.54, 1.807) is 19.2 Å². The van der Waals surface area contributed by atoms with E-state index in [0.29, 0.717) is 30.1 Å². The van der Waals surface area contributed by atoms with E-state index in [2.05, 4.69) is 22.5 Å². The number of methoxy groups -OCH3 is 1. The third-order valence-electron chi connectivity index (χ3n) is 4.10. The van der Waals surface area contributed by atoms with Crippen LogP contribution in [0.4, 0.5) is 5.69 Å². The highest BCUT2D eigenvalue weighted by atomic mass is 16.5. The van der Waals surface area contributed by atoms with Gasteiger partial charge in [-0.05, 0) is 30.2 Å². The van der Waals surface area contributed by atoms with Gasteiger partial charge in [-0.3, -0.25) is 14.6 Å². The molecule has 0 unspecified atom stereocenters. The van der Waals surface area contributed by atoms with E-state index in [1.807, 2.05) is 36.4 Å². The van der Waals surface area contributed by atoms with E-state index in [1.165, 1.54) is 6.92 Å². The van der Waals surface area contributed by atoms with Gasteiger partial charge in [-0.2, -0.15) is 0 Å². The second-order valence-electron chi connectivity index (χ2n) is 6.34. The van der Waals surface area contributed by atoms with Gasteiger partial charge in [0.1, 0.15) is 11.5 Å². The van der Waals surface area contributed by atoms with E-state index < -0.39 is 0 Å². The lowest BCUT2D eigenvalue weighted by Gasteiger charge is -2.13. The Kier molecular flexibility index (Phi) is 8.21. The second kappa shape index (κ2) is 10.9. The summed E-state index contributed by atoms with van der Waals surface area (Å²) in [6, 6.07) is 14.7. The largest absolute Gasteiger partial charge is 0.497 e. The van der Waals surface area contributed by atoms with Crippen molar-refractivity contribution in [3.63, 3.8) is 0 Å². The van der Waals surface area contributed by atoms with Crippen molar-refractivity contribution in [2.75, 3.05) is 19.0 Å². The second-order valence-corrected chi connectivity index (χ2v) is 6.34. The predicted octanol–water partition coefficient (Wildman–Crippen LogP) is 3.56. The molecular weight excluding hydrogens is 354 g/mol. The fourth-order valence-corrected chi connectivity index (χ4v) is 2.63. The molecule has 0 aliphatic rings. The predicted molar refractivity (Wildman–Crippen MR) is 112 cm³/mol. The van der Waals surface area contributed by atoms with Crippen LogP contribution in [0.25, 0.3) is 0 Å². The maximum Gasteiger partial charge on any atom is 0.270 e. The summed E-state index contributed by atoms with van der Waals surface area (Å²) in [5, 5.41) is 5.69. The van der Waals surface area contributed by atoms with Gasteiger partial charge in [0.25, 0.3) is 5.91 Å². The van der Waals surface area contributed by atoms with Crippen molar-refractivity contribution in [2.24, 2.45) is 4.99 Å². The van der Waals surface area contributed by atoms with Gasteiger partial charge < -0.3 is 15.4 Å². The van der Waals surface area contributed by atoms with Gasteiger partial charge in [0.15, 0.2) is 0 Å². The fraction of sp³-hybridized carbons (Fsp3) is 0.318. The number of nitrogens with one attached hydrogen (secondary N) is 2. The molecule has 6 heteroatoms. The number of hydrogen-bond donors (Lipinski definition) is 2. The number of nitrogens with zero attached hydrogens (tertiary/aromatic N) is 1. The van der Waals surface area contributed by atoms with Gasteiger partial charge in [-0.1, -0.05) is 43.7 Å². The molecule has 148 valence electrons. The lowest BCUT2D eigenvalue weighted by molar-refractivity contribution is -0.115. The minimum atomic E-state index is -0.273. The summed E-state index contributed by atoms with van der Waals surface area (Å²) in [6.45, 7) is 4.44. The van der Waals surface area contributed by atoms with Crippen molar-refractivity contribution in [1.82, 2.24) is 5.32 Å². The molecule has 0 saturated heterocycles. The minimum Gasteiger partial charge on any atom is -0.497 e. The van der Waals surface area contributed by atoms with Crippen LogP contribution in [0.3, 0.4) is 0 Å². The number of carbonyl (C=O) groups excluding carboxylic acids is 2. The Hall–Kier alpha value is -3.15. The molecule has 2 aromatic carbocycles. The molecule has 2 N–H and O–H groups in total. The zero-order valence-electron chi connectivity index (χ0n) is 16.6. The molecule has 0 heterocycles. The summed E-state index contributed by atoms with van der Waals surface area (Å²) in [7, 11) is 1.61. The first-order valence-corrected chi connectivity index (χ1v) is 9.37. The lowest BCUT2D eigenvalue weighted by Crippen LogP contribution is -2.32. The molecule has 6 nitrogen and oxygen atoms in total. The van der Waals surface area contributed by atoms with Gasteiger partial charge in [-0.25, -0.2) is 0 Å². The number of rotatable bonds is 9. The van der Waals surface area contributed by atoms with Crippen molar-refractivity contribution in [3.8, 4) is 5.75 Å². The van der Waals surface area contributed by atoms with Crippen LogP contribution in [-0.2, 0) is 16.1 Å². The first-order chi connectivity index (χ1) is 13.5. The normalized spacial score (nSPS) is 11.0. The van der Waals surface area contributed by atoms with Gasteiger partial charge in [0.2, 0.25) is 5.91 Å². The molecule has 0 fully saturated rings. The Balaban J connectivity index is 2.21. The molecule has 0 spiro atoms. The van der Waals surface area contributed by atoms with Gasteiger partial charge in [-0.15, -0.1) is 0 Å². The number of hydrogen-bond acceptors (Lipinski definition) is 4. The first-order valence-electron chi connectivity index (χ1n) is 9.37. The van der Waals surface area contributed by atoms with Gasteiger partial charge in [0, 0.05) is 25.6 Å². The maximum absolute atomic E-state index is 12.9. The smallest absolute Gasteiger partial charge is 0.270 e. The fourth-order valence-electron chi connectivity index (χ4n) is 2.63. The van der Waals surface area contributed by atoms with Crippen LogP contribution in [0.1, 0.15) is 37.8 Å². The monoisotopic (exact) mass is 381 g/mol. The van der Waals surface area contributed by atoms with Gasteiger partial charge >= 0.3 is 0 Å². The highest BCUT2D eigenvalue weighted by Gasteiger charge is 2.17. The zero-order valence-corrected chi connectivity index (χ0v) is 16.6. The molecule has 2 rings (SSSR count). The van der Waals surface area contributed by atoms with E-state index in [0.717, 1.165) is 24.2 Å². The average molecular weight is 381 g/mol. The van der Waals surface area contributed by atoms with Crippen LogP contribution >= 0.6 is 0 Å². The standard InChI is InChI=1S/C22H27N3O3/c1-4-5-14-23-21(19-8-6-7-9-20(19)25-16(2)26)22(27)24-15-17-10-12-18(28-3)13-11-17/h6-13H,4-5,14-15H2,1-3H3,(H,24,27)(H,25,26). The number of carbonyl (C=O) groups is 2. The summed E-state index contributed by atoms with van der Waals surface area (Å²) < 4.78 is 5.15. The third kappa shape index (κ3) is 6.23. The van der Waals surface area contributed by atoms with Crippen molar-refractivity contribution < 1.29 is 14.3 Å². The topological polar surface area (TPSA) is 79.8 Å². The molecule has 28 heavy (non-hydrogen) atoms. The quantitative estimate of drug-likeness (QED) is 0.515. The number of anilines is 1. The van der Waals surface area contributed by atoms with Crippen LogP contribution in [0, 0.1) is 0 Å². The Morgan fingerprint density at radius 2 is 1.79 bits per heavy atom. The minimum absolute atomic E-state index is 0.195. The van der Waals surface area contributed by atoms with Crippen LogP contribution < -0.4 is 15.4 Å². The van der Waals surface area contributed by atoms with E-state index in [9.17, 15) is 9.59 Å². The SMILES string of the molecule is CCCCN=C(C(=O)NCc1ccc(OC)cc1)c1ccccc1NC(C)=O. The molecule has 0 aliphatic carbocycles. The Bertz CT molecular complexity index is 829. The molecule has 2 aromatic rings. The Labute approximate surface area is 166 Å². The highest BCUT2D eigenvalue weighted by molar-refractivity contribution is 6.46. The molecule has 0 bridgehead atoms. The third-order valence-corrected chi connectivity index (χ3v) is 4.10. The summed E-state index contributed by atoms with van der Waals surface area (Å²) in [6.07, 6.45) is 1.87. The average Bonchev–Trinajstić information content (AvgIpc) is 2.70. The maximum atomic E-state index is 12.9. The highest BCUT2D eigenvalue weighted by Crippen LogP contribution is 2.17. The number of unbranched alkanes of at least 4 members (excludes halogenated alkanes) is 1. The number of para-hydroxylation sites is 1. The van der Waals surface area contributed by atoms with Crippen molar-refractivity contribution >= 4 is 23.2 Å². The van der Waals surface area contributed by atoms with Crippen molar-refractivity contribution in [1.29, 1.82) is 0 Å². The zero-order chi connectivity index (χ0) is 20.4. The van der Waals surface area contributed by atoms with Crippen LogP contribution in [0.2, 0.25) is 0 Å². The molecule has 0 saturated carbocycles. The summed E-state index contributed by atoms with van der Waals surface area (Å²) in [5.74, 6) is 0.296. The van der Waals surface area contributed by atoms with E-state index in [4.69, 9.17) is 4.74 Å². The van der Waals surface area contributed by atoms with E-state index in [-0.39, 0.29) is 11.8 Å². The Morgan fingerprint density at radius 3 is 2.43 bits per heavy atom. The number of amides is 2. The number of aliphatic imine (C=N–C) groups is 1. The van der Waals surface area contributed by atoms with Crippen molar-refractivity contribution in [3.05, 3.63) is 59.7 Å². The van der Waals surface area contributed by atoms with Crippen molar-refractivity contribution in [2.45, 2.75) is 33.2 Å². The lowest BCUT2D eigenvalue weighted by atomic mass is 10.1. The number of benzene rings is 2. The summed E-state index contributed by atoms with van der Waals surface area (Å²) in [5.41, 5.74) is 2.47. The molecule has 0 aromatic heterocycles. The Morgan fingerprint density at radius 1 is 1.07 bits per heavy atom. The van der Waals surface area contributed by atoms with Gasteiger partial charge in [0.05, 0.1) is 12.8 Å². The van der Waals surface area contributed by atoms with Crippen LogP contribution in [-0.4, -0.2) is 31.2 Å². The first kappa shape index (κ1) is 21.2. The number of ether oxygens (including phenoxy) is 1. The molecule has 0 radical (unpaired) electrons. The van der Waals surface area contributed by atoms with E-state index >= 15 is 0 Å². The van der Waals surface area contributed by atoms with Crippen LogP contribution in [0.15, 0.2) is 53.5 Å². The molecule has 2 amide bonds. The molecule has 0 atom stereocenters. The van der Waals surface area contributed by atoms with Crippen LogP contribution in [0.5, 0.6) is 5.75 Å². The summed E-state index contributed by atoms with van der Waals surface area (Å²) >= 11 is 0.